The van der Waals surface area contributed by atoms with Crippen molar-refractivity contribution in [3.63, 3.8) is 0 Å². The SMILES string of the molecule is Cc1cc(CNC(O)CO)c(O)c(CN2CCCNCCCN(Cc3cc(C)cc(C(=O)NC(O)CO)c3O)CC2)c1. The summed E-state index contributed by atoms with van der Waals surface area (Å²) in [4.78, 5) is 17.1. The van der Waals surface area contributed by atoms with Crippen LogP contribution in [0.2, 0.25) is 0 Å². The fourth-order valence-electron chi connectivity index (χ4n) is 5.19. The van der Waals surface area contributed by atoms with Gasteiger partial charge < -0.3 is 41.3 Å². The number of hydrogen-bond donors (Lipinski definition) is 9. The van der Waals surface area contributed by atoms with E-state index in [9.17, 15) is 25.2 Å². The lowest BCUT2D eigenvalue weighted by molar-refractivity contribution is 0.0546. The van der Waals surface area contributed by atoms with Crippen molar-refractivity contribution in [1.29, 1.82) is 0 Å². The van der Waals surface area contributed by atoms with Crippen molar-refractivity contribution in [2.24, 2.45) is 0 Å². The monoisotopic (exact) mass is 589 g/mol. The summed E-state index contributed by atoms with van der Waals surface area (Å²) >= 11 is 0. The molecule has 1 amide bonds. The second-order valence-corrected chi connectivity index (χ2v) is 11.0. The summed E-state index contributed by atoms with van der Waals surface area (Å²) in [7, 11) is 0. The van der Waals surface area contributed by atoms with Gasteiger partial charge in [-0.3, -0.25) is 19.9 Å². The molecule has 0 aliphatic carbocycles. The molecule has 1 saturated heterocycles. The maximum Gasteiger partial charge on any atom is 0.257 e. The number of nitrogens with one attached hydrogen (secondary N) is 3. The highest BCUT2D eigenvalue weighted by atomic mass is 16.3. The standard InChI is InChI=1S/C30H47N5O7/c1-20-11-22(15-32-26(38)18-36)28(40)23(12-20)16-34-7-3-5-31-6-4-8-35(10-9-34)17-24-13-21(2)14-25(29(24)41)30(42)33-27(39)19-37/h11-14,26-27,31-32,36-41H,3-10,15-19H2,1-2H3,(H,33,42). The lowest BCUT2D eigenvalue weighted by Gasteiger charge is -2.28. The van der Waals surface area contributed by atoms with Crippen molar-refractivity contribution in [3.8, 4) is 11.5 Å². The molecule has 1 fully saturated rings. The van der Waals surface area contributed by atoms with Crippen LogP contribution in [0.4, 0.5) is 0 Å². The largest absolute Gasteiger partial charge is 0.507 e. The Morgan fingerprint density at radius 1 is 0.810 bits per heavy atom. The van der Waals surface area contributed by atoms with Crippen LogP contribution in [0.3, 0.4) is 0 Å². The minimum absolute atomic E-state index is 0.0467. The van der Waals surface area contributed by atoms with Crippen molar-refractivity contribution in [2.75, 3.05) is 52.5 Å². The van der Waals surface area contributed by atoms with Crippen molar-refractivity contribution < 1.29 is 35.4 Å². The maximum absolute atomic E-state index is 12.6. The molecule has 2 aromatic carbocycles. The Morgan fingerprint density at radius 3 is 1.90 bits per heavy atom. The summed E-state index contributed by atoms with van der Waals surface area (Å²) in [5, 5.41) is 68.0. The van der Waals surface area contributed by atoms with E-state index in [0.717, 1.165) is 55.7 Å². The van der Waals surface area contributed by atoms with Gasteiger partial charge in [-0.2, -0.15) is 0 Å². The molecular formula is C30H47N5O7. The first-order valence-electron chi connectivity index (χ1n) is 14.5. The molecule has 2 unspecified atom stereocenters. The molecule has 2 aromatic rings. The third-order valence-corrected chi connectivity index (χ3v) is 7.34. The molecule has 9 N–H and O–H groups in total. The van der Waals surface area contributed by atoms with Gasteiger partial charge in [0, 0.05) is 49.4 Å². The normalized spacial score (nSPS) is 17.4. The first-order valence-corrected chi connectivity index (χ1v) is 14.5. The molecule has 0 aromatic heterocycles. The zero-order valence-corrected chi connectivity index (χ0v) is 24.6. The Morgan fingerprint density at radius 2 is 1.33 bits per heavy atom. The molecule has 0 saturated carbocycles. The molecule has 42 heavy (non-hydrogen) atoms. The van der Waals surface area contributed by atoms with Gasteiger partial charge in [0.25, 0.3) is 5.91 Å². The Bertz CT molecular complexity index is 1170. The van der Waals surface area contributed by atoms with E-state index in [-0.39, 0.29) is 23.6 Å². The highest BCUT2D eigenvalue weighted by molar-refractivity contribution is 5.97. The average molecular weight is 590 g/mol. The van der Waals surface area contributed by atoms with Gasteiger partial charge in [0.2, 0.25) is 0 Å². The molecular weight excluding hydrogens is 542 g/mol. The minimum atomic E-state index is -1.42. The quantitative estimate of drug-likeness (QED) is 0.159. The number of phenolic OH excluding ortho intramolecular Hbond substituents is 2. The highest BCUT2D eigenvalue weighted by Crippen LogP contribution is 2.28. The highest BCUT2D eigenvalue weighted by Gasteiger charge is 2.21. The van der Waals surface area contributed by atoms with Crippen molar-refractivity contribution >= 4 is 5.91 Å². The number of nitrogens with zero attached hydrogens (tertiary/aromatic N) is 2. The number of benzene rings is 2. The summed E-state index contributed by atoms with van der Waals surface area (Å²) in [5.41, 5.74) is 3.87. The second kappa shape index (κ2) is 16.7. The molecule has 0 radical (unpaired) electrons. The summed E-state index contributed by atoms with van der Waals surface area (Å²) in [6, 6.07) is 7.23. The summed E-state index contributed by atoms with van der Waals surface area (Å²) in [5.74, 6) is -0.640. The Balaban J connectivity index is 1.77. The number of amides is 1. The van der Waals surface area contributed by atoms with Gasteiger partial charge >= 0.3 is 0 Å². The van der Waals surface area contributed by atoms with Crippen molar-refractivity contribution in [1.82, 2.24) is 25.8 Å². The summed E-state index contributed by atoms with van der Waals surface area (Å²) < 4.78 is 0. The average Bonchev–Trinajstić information content (AvgIpc) is 3.01. The number of phenols is 2. The van der Waals surface area contributed by atoms with Gasteiger partial charge in [-0.25, -0.2) is 0 Å². The predicted octanol–water partition coefficient (Wildman–Crippen LogP) is -0.157. The summed E-state index contributed by atoms with van der Waals surface area (Å²) in [6.45, 7) is 8.66. The number of aliphatic hydroxyl groups excluding tert-OH is 4. The number of carbonyl (C=O) groups is 1. The molecule has 12 heteroatoms. The zero-order valence-electron chi connectivity index (χ0n) is 24.6. The van der Waals surface area contributed by atoms with Crippen LogP contribution >= 0.6 is 0 Å². The lowest BCUT2D eigenvalue weighted by Crippen LogP contribution is -2.37. The van der Waals surface area contributed by atoms with E-state index >= 15 is 0 Å². The first-order chi connectivity index (χ1) is 20.1. The van der Waals surface area contributed by atoms with E-state index < -0.39 is 31.6 Å². The lowest BCUT2D eigenvalue weighted by atomic mass is 10.0. The maximum atomic E-state index is 12.6. The number of hydrogen-bond acceptors (Lipinski definition) is 11. The molecule has 234 valence electrons. The van der Waals surface area contributed by atoms with Crippen LogP contribution in [0, 0.1) is 13.8 Å². The smallest absolute Gasteiger partial charge is 0.257 e. The van der Waals surface area contributed by atoms with Crippen LogP contribution in [0.5, 0.6) is 11.5 Å². The molecule has 1 aliphatic heterocycles. The molecule has 12 nitrogen and oxygen atoms in total. The fourth-order valence-corrected chi connectivity index (χ4v) is 5.19. The van der Waals surface area contributed by atoms with Gasteiger partial charge in [0.05, 0.1) is 18.8 Å². The number of aryl methyl sites for hydroxylation is 2. The Labute approximate surface area is 247 Å². The minimum Gasteiger partial charge on any atom is -0.507 e. The van der Waals surface area contributed by atoms with Crippen LogP contribution in [0.1, 0.15) is 51.0 Å². The third-order valence-electron chi connectivity index (χ3n) is 7.34. The van der Waals surface area contributed by atoms with Crippen LogP contribution in [-0.2, 0) is 19.6 Å². The number of carbonyl (C=O) groups excluding carboxylic acids is 1. The molecule has 1 aliphatic rings. The van der Waals surface area contributed by atoms with Gasteiger partial charge in [0.1, 0.15) is 24.0 Å². The summed E-state index contributed by atoms with van der Waals surface area (Å²) in [6.07, 6.45) is -0.626. The van der Waals surface area contributed by atoms with Crippen LogP contribution < -0.4 is 16.0 Å². The van der Waals surface area contributed by atoms with Crippen LogP contribution in [0.25, 0.3) is 0 Å². The third kappa shape index (κ3) is 10.2. The predicted molar refractivity (Wildman–Crippen MR) is 159 cm³/mol. The number of aliphatic hydroxyl groups is 4. The molecule has 0 bridgehead atoms. The van der Waals surface area contributed by atoms with E-state index in [2.05, 4.69) is 25.8 Å². The first kappa shape index (κ1) is 33.7. The molecule has 0 spiro atoms. The molecule has 2 atom stereocenters. The number of rotatable bonds is 11. The van der Waals surface area contributed by atoms with Gasteiger partial charge in [-0.05, 0) is 64.5 Å². The topological polar surface area (TPSA) is 181 Å². The molecule has 3 rings (SSSR count). The van der Waals surface area contributed by atoms with Crippen molar-refractivity contribution in [2.45, 2.75) is 58.8 Å². The van der Waals surface area contributed by atoms with E-state index in [4.69, 9.17) is 10.2 Å². The molecule has 1 heterocycles. The second-order valence-electron chi connectivity index (χ2n) is 11.0. The van der Waals surface area contributed by atoms with E-state index in [1.165, 1.54) is 0 Å². The fraction of sp³-hybridized carbons (Fsp3) is 0.567. The van der Waals surface area contributed by atoms with Crippen molar-refractivity contribution in [3.05, 3.63) is 57.6 Å². The van der Waals surface area contributed by atoms with E-state index in [1.54, 1.807) is 6.07 Å². The van der Waals surface area contributed by atoms with Gasteiger partial charge in [-0.15, -0.1) is 0 Å². The van der Waals surface area contributed by atoms with Crippen LogP contribution in [0.15, 0.2) is 24.3 Å². The number of aromatic hydroxyl groups is 2. The van der Waals surface area contributed by atoms with Crippen LogP contribution in [-0.4, -0.2) is 111 Å². The Kier molecular flexibility index (Phi) is 13.4. The van der Waals surface area contributed by atoms with E-state index in [1.807, 2.05) is 32.0 Å². The van der Waals surface area contributed by atoms with Gasteiger partial charge in [0.15, 0.2) is 0 Å². The van der Waals surface area contributed by atoms with Gasteiger partial charge in [-0.1, -0.05) is 23.8 Å². The Hall–Kier alpha value is -2.81. The van der Waals surface area contributed by atoms with E-state index in [0.29, 0.717) is 37.3 Å². The zero-order chi connectivity index (χ0) is 30.6.